The highest BCUT2D eigenvalue weighted by molar-refractivity contribution is 5.99. The normalized spacial score (nSPS) is 12.9. The monoisotopic (exact) mass is 269 g/mol. The van der Waals surface area contributed by atoms with Crippen LogP contribution in [-0.4, -0.2) is 19.6 Å². The summed E-state index contributed by atoms with van der Waals surface area (Å²) in [6, 6.07) is 13.1. The maximum Gasteiger partial charge on any atom is 0.147 e. The molecule has 2 aromatic rings. The molecule has 20 heavy (non-hydrogen) atoms. The lowest BCUT2D eigenvalue weighted by Gasteiger charge is -2.18. The van der Waals surface area contributed by atoms with Gasteiger partial charge >= 0.3 is 0 Å². The Morgan fingerprint density at radius 1 is 1.20 bits per heavy atom. The number of ether oxygens (including phenoxy) is 2. The van der Waals surface area contributed by atoms with E-state index in [2.05, 4.69) is 10.3 Å². The van der Waals surface area contributed by atoms with Gasteiger partial charge in [0.05, 0.1) is 7.11 Å². The summed E-state index contributed by atoms with van der Waals surface area (Å²) in [4.78, 5) is 4.52. The van der Waals surface area contributed by atoms with Gasteiger partial charge in [0, 0.05) is 17.4 Å². The van der Waals surface area contributed by atoms with Crippen LogP contribution in [0.3, 0.4) is 0 Å². The van der Waals surface area contributed by atoms with E-state index in [9.17, 15) is 0 Å². The van der Waals surface area contributed by atoms with Crippen LogP contribution in [0.5, 0.6) is 11.5 Å². The molecule has 1 aliphatic rings. The smallest absolute Gasteiger partial charge is 0.147 e. The zero-order chi connectivity index (χ0) is 13.9. The van der Waals surface area contributed by atoms with Gasteiger partial charge in [-0.15, -0.1) is 0 Å². The van der Waals surface area contributed by atoms with Crippen LogP contribution in [-0.2, 0) is 0 Å². The molecular weight excluding hydrogens is 254 g/mol. The molecule has 0 saturated carbocycles. The minimum atomic E-state index is 0.391. The number of amidine groups is 1. The molecule has 0 aromatic heterocycles. The standard InChI is InChI=1S/C15H15N3O2/c1-19-12-5-3-11(4-6-12)17-15-9-20-14-8-10(16)2-7-13(14)18-15/h2-8H,9,16H2,1H3,(H,17,18). The lowest BCUT2D eigenvalue weighted by molar-refractivity contribution is 0.372. The van der Waals surface area contributed by atoms with E-state index in [0.717, 1.165) is 23.0 Å². The molecule has 102 valence electrons. The highest BCUT2D eigenvalue weighted by Gasteiger charge is 2.13. The fraction of sp³-hybridized carbons (Fsp3) is 0.133. The molecular formula is C15H15N3O2. The van der Waals surface area contributed by atoms with Crippen molar-refractivity contribution in [3.63, 3.8) is 0 Å². The largest absolute Gasteiger partial charge is 0.497 e. The van der Waals surface area contributed by atoms with Gasteiger partial charge in [-0.25, -0.2) is 4.99 Å². The van der Waals surface area contributed by atoms with Gasteiger partial charge in [0.15, 0.2) is 0 Å². The summed E-state index contributed by atoms with van der Waals surface area (Å²) in [5, 5.41) is 3.23. The van der Waals surface area contributed by atoms with Crippen LogP contribution in [0.4, 0.5) is 17.1 Å². The molecule has 0 amide bonds. The van der Waals surface area contributed by atoms with Gasteiger partial charge < -0.3 is 20.5 Å². The zero-order valence-corrected chi connectivity index (χ0v) is 11.1. The lowest BCUT2D eigenvalue weighted by Crippen LogP contribution is -2.23. The SMILES string of the molecule is COc1ccc(NC2=Nc3ccc(N)cc3OC2)cc1. The Bertz CT molecular complexity index is 651. The van der Waals surface area contributed by atoms with Crippen LogP contribution >= 0.6 is 0 Å². The molecule has 5 heteroatoms. The molecule has 0 unspecified atom stereocenters. The first-order valence-electron chi connectivity index (χ1n) is 6.25. The van der Waals surface area contributed by atoms with Gasteiger partial charge in [-0.05, 0) is 36.4 Å². The predicted octanol–water partition coefficient (Wildman–Crippen LogP) is 2.81. The van der Waals surface area contributed by atoms with Crippen molar-refractivity contribution in [1.29, 1.82) is 0 Å². The van der Waals surface area contributed by atoms with Crippen LogP contribution < -0.4 is 20.5 Å². The molecule has 3 rings (SSSR count). The number of hydrogen-bond acceptors (Lipinski definition) is 5. The van der Waals surface area contributed by atoms with Gasteiger partial charge in [-0.1, -0.05) is 0 Å². The summed E-state index contributed by atoms with van der Waals surface area (Å²) in [5.41, 5.74) is 8.10. The molecule has 1 heterocycles. The predicted molar refractivity (Wildman–Crippen MR) is 80.1 cm³/mol. The van der Waals surface area contributed by atoms with Crippen molar-refractivity contribution < 1.29 is 9.47 Å². The van der Waals surface area contributed by atoms with Gasteiger partial charge in [-0.3, -0.25) is 0 Å². The van der Waals surface area contributed by atoms with Crippen LogP contribution in [0.15, 0.2) is 47.5 Å². The van der Waals surface area contributed by atoms with Crippen molar-refractivity contribution >= 4 is 22.9 Å². The first-order valence-corrected chi connectivity index (χ1v) is 6.25. The number of rotatable bonds is 2. The molecule has 0 radical (unpaired) electrons. The first kappa shape index (κ1) is 12.3. The van der Waals surface area contributed by atoms with E-state index in [0.29, 0.717) is 18.0 Å². The Balaban J connectivity index is 1.79. The number of fused-ring (bicyclic) bond motifs is 1. The number of aliphatic imine (C=N–C) groups is 1. The third-order valence-electron chi connectivity index (χ3n) is 2.98. The van der Waals surface area contributed by atoms with Gasteiger partial charge in [0.2, 0.25) is 0 Å². The topological polar surface area (TPSA) is 68.9 Å². The molecule has 1 aliphatic heterocycles. The van der Waals surface area contributed by atoms with Crippen molar-refractivity contribution in [2.45, 2.75) is 0 Å². The quantitative estimate of drug-likeness (QED) is 0.822. The number of methoxy groups -OCH3 is 1. The van der Waals surface area contributed by atoms with E-state index >= 15 is 0 Å². The Morgan fingerprint density at radius 3 is 2.75 bits per heavy atom. The summed E-state index contributed by atoms with van der Waals surface area (Å²) in [5.74, 6) is 2.29. The van der Waals surface area contributed by atoms with E-state index in [4.69, 9.17) is 15.2 Å². The summed E-state index contributed by atoms with van der Waals surface area (Å²) in [6.07, 6.45) is 0. The average molecular weight is 269 g/mol. The van der Waals surface area contributed by atoms with E-state index < -0.39 is 0 Å². The molecule has 0 bridgehead atoms. The van der Waals surface area contributed by atoms with Crippen LogP contribution in [0.1, 0.15) is 0 Å². The molecule has 0 spiro atoms. The van der Waals surface area contributed by atoms with Crippen LogP contribution in [0.2, 0.25) is 0 Å². The minimum absolute atomic E-state index is 0.391. The van der Waals surface area contributed by atoms with E-state index in [1.54, 1.807) is 13.2 Å². The fourth-order valence-corrected chi connectivity index (χ4v) is 1.97. The van der Waals surface area contributed by atoms with Crippen molar-refractivity contribution in [3.8, 4) is 11.5 Å². The lowest BCUT2D eigenvalue weighted by atomic mass is 10.2. The Kier molecular flexibility index (Phi) is 3.16. The summed E-state index contributed by atoms with van der Waals surface area (Å²) < 4.78 is 10.8. The average Bonchev–Trinajstić information content (AvgIpc) is 2.48. The van der Waals surface area contributed by atoms with Gasteiger partial charge in [0.1, 0.15) is 29.6 Å². The Labute approximate surface area is 117 Å². The maximum absolute atomic E-state index is 5.71. The third kappa shape index (κ3) is 2.51. The number of nitrogen functional groups attached to an aromatic ring is 1. The number of anilines is 2. The molecule has 3 N–H and O–H groups in total. The van der Waals surface area contributed by atoms with Gasteiger partial charge in [-0.2, -0.15) is 0 Å². The molecule has 2 aromatic carbocycles. The summed E-state index contributed by atoms with van der Waals surface area (Å²) in [7, 11) is 1.64. The summed E-state index contributed by atoms with van der Waals surface area (Å²) in [6.45, 7) is 0.391. The van der Waals surface area contributed by atoms with Crippen molar-refractivity contribution in [2.24, 2.45) is 4.99 Å². The van der Waals surface area contributed by atoms with E-state index in [-0.39, 0.29) is 0 Å². The highest BCUT2D eigenvalue weighted by Crippen LogP contribution is 2.32. The number of hydrogen-bond donors (Lipinski definition) is 2. The molecule has 0 atom stereocenters. The zero-order valence-electron chi connectivity index (χ0n) is 11.1. The third-order valence-corrected chi connectivity index (χ3v) is 2.98. The van der Waals surface area contributed by atoms with Crippen molar-refractivity contribution in [2.75, 3.05) is 24.8 Å². The number of nitrogens with one attached hydrogen (secondary N) is 1. The van der Waals surface area contributed by atoms with Crippen molar-refractivity contribution in [3.05, 3.63) is 42.5 Å². The first-order chi connectivity index (χ1) is 9.74. The second-order valence-electron chi connectivity index (χ2n) is 4.43. The second kappa shape index (κ2) is 5.13. The Hall–Kier alpha value is -2.69. The number of nitrogens with two attached hydrogens (primary N) is 1. The minimum Gasteiger partial charge on any atom is -0.497 e. The molecule has 5 nitrogen and oxygen atoms in total. The van der Waals surface area contributed by atoms with Crippen LogP contribution in [0.25, 0.3) is 0 Å². The molecule has 0 aliphatic carbocycles. The number of benzene rings is 2. The van der Waals surface area contributed by atoms with Gasteiger partial charge in [0.25, 0.3) is 0 Å². The molecule has 0 saturated heterocycles. The van der Waals surface area contributed by atoms with E-state index in [1.807, 2.05) is 36.4 Å². The fourth-order valence-electron chi connectivity index (χ4n) is 1.97. The second-order valence-corrected chi connectivity index (χ2v) is 4.43. The summed E-state index contributed by atoms with van der Waals surface area (Å²) >= 11 is 0. The highest BCUT2D eigenvalue weighted by atomic mass is 16.5. The Morgan fingerprint density at radius 2 is 2.00 bits per heavy atom. The molecule has 0 fully saturated rings. The number of nitrogens with zero attached hydrogens (tertiary/aromatic N) is 1. The van der Waals surface area contributed by atoms with E-state index in [1.165, 1.54) is 0 Å². The van der Waals surface area contributed by atoms with Crippen molar-refractivity contribution in [1.82, 2.24) is 0 Å². The van der Waals surface area contributed by atoms with Crippen LogP contribution in [0, 0.1) is 0 Å². The maximum atomic E-state index is 5.71.